The maximum atomic E-state index is 13.0. The lowest BCUT2D eigenvalue weighted by Crippen LogP contribution is -1.97. The van der Waals surface area contributed by atoms with Gasteiger partial charge in [-0.25, -0.2) is 13.9 Å². The zero-order valence-electron chi connectivity index (χ0n) is 8.74. The van der Waals surface area contributed by atoms with Crippen LogP contribution in [0.25, 0.3) is 5.65 Å². The van der Waals surface area contributed by atoms with Crippen molar-refractivity contribution in [2.75, 3.05) is 5.73 Å². The molecule has 2 aromatic rings. The second-order valence-electron chi connectivity index (χ2n) is 4.01. The third-order valence-electron chi connectivity index (χ3n) is 2.06. The first kappa shape index (κ1) is 9.89. The molecule has 2 N–H and O–H groups in total. The highest BCUT2D eigenvalue weighted by Crippen LogP contribution is 2.14. The van der Waals surface area contributed by atoms with Gasteiger partial charge in [-0.2, -0.15) is 5.10 Å². The zero-order valence-corrected chi connectivity index (χ0v) is 8.74. The maximum Gasteiger partial charge on any atom is 0.178 e. The summed E-state index contributed by atoms with van der Waals surface area (Å²) in [5, 5.41) is 4.16. The third-order valence-corrected chi connectivity index (χ3v) is 2.06. The van der Waals surface area contributed by atoms with E-state index in [2.05, 4.69) is 23.9 Å². The van der Waals surface area contributed by atoms with E-state index in [1.54, 1.807) is 0 Å². The van der Waals surface area contributed by atoms with Crippen LogP contribution in [0.3, 0.4) is 0 Å². The van der Waals surface area contributed by atoms with Gasteiger partial charge in [-0.05, 0) is 5.92 Å². The smallest absolute Gasteiger partial charge is 0.178 e. The molecule has 0 aromatic carbocycles. The first-order valence-corrected chi connectivity index (χ1v) is 4.86. The Hall–Kier alpha value is -1.65. The summed E-state index contributed by atoms with van der Waals surface area (Å²) >= 11 is 0. The molecule has 2 heterocycles. The second kappa shape index (κ2) is 3.49. The molecular weight excluding hydrogens is 195 g/mol. The Balaban J connectivity index is 2.50. The van der Waals surface area contributed by atoms with E-state index in [1.807, 2.05) is 0 Å². The molecule has 4 nitrogen and oxygen atoms in total. The summed E-state index contributed by atoms with van der Waals surface area (Å²) in [5.41, 5.74) is 6.48. The largest absolute Gasteiger partial charge is 0.396 e. The van der Waals surface area contributed by atoms with E-state index in [1.165, 1.54) is 16.8 Å². The van der Waals surface area contributed by atoms with Crippen molar-refractivity contribution in [2.24, 2.45) is 5.92 Å². The third kappa shape index (κ3) is 1.91. The number of fused-ring (bicyclic) bond motifs is 1. The number of hydrogen-bond acceptors (Lipinski definition) is 3. The average Bonchev–Trinajstić information content (AvgIpc) is 2.45. The van der Waals surface area contributed by atoms with E-state index >= 15 is 0 Å². The van der Waals surface area contributed by atoms with Crippen LogP contribution < -0.4 is 5.73 Å². The van der Waals surface area contributed by atoms with E-state index in [-0.39, 0.29) is 0 Å². The molecule has 15 heavy (non-hydrogen) atoms. The van der Waals surface area contributed by atoms with Crippen molar-refractivity contribution in [3.63, 3.8) is 0 Å². The number of halogens is 1. The Morgan fingerprint density at radius 3 is 2.93 bits per heavy atom. The van der Waals surface area contributed by atoms with Crippen molar-refractivity contribution in [3.05, 3.63) is 23.9 Å². The molecule has 0 amide bonds. The Kier molecular flexibility index (Phi) is 2.30. The van der Waals surface area contributed by atoms with Gasteiger partial charge in [0, 0.05) is 12.5 Å². The first-order chi connectivity index (χ1) is 7.06. The summed E-state index contributed by atoms with van der Waals surface area (Å²) in [6.07, 6.45) is 2.05. The average molecular weight is 208 g/mol. The van der Waals surface area contributed by atoms with Gasteiger partial charge >= 0.3 is 0 Å². The molecule has 0 aliphatic rings. The molecule has 0 unspecified atom stereocenters. The van der Waals surface area contributed by atoms with Gasteiger partial charge in [0.2, 0.25) is 0 Å². The molecule has 0 bridgehead atoms. The Labute approximate surface area is 86.9 Å². The molecule has 2 aromatic heterocycles. The maximum absolute atomic E-state index is 13.0. The van der Waals surface area contributed by atoms with Crippen molar-refractivity contribution in [1.82, 2.24) is 14.6 Å². The number of nitrogens with two attached hydrogens (primary N) is 1. The lowest BCUT2D eigenvalue weighted by molar-refractivity contribution is 0.607. The molecule has 0 aliphatic heterocycles. The molecule has 0 radical (unpaired) electrons. The number of rotatable bonds is 2. The quantitative estimate of drug-likeness (QED) is 0.816. The van der Waals surface area contributed by atoms with Crippen molar-refractivity contribution in [3.8, 4) is 0 Å². The predicted molar refractivity (Wildman–Crippen MR) is 55.9 cm³/mol. The number of nitrogens with zero attached hydrogens (tertiary/aromatic N) is 3. The van der Waals surface area contributed by atoms with Gasteiger partial charge in [0.1, 0.15) is 5.82 Å². The highest BCUT2D eigenvalue weighted by molar-refractivity contribution is 5.63. The summed E-state index contributed by atoms with van der Waals surface area (Å²) in [4.78, 5) is 4.25. The lowest BCUT2D eigenvalue weighted by Gasteiger charge is -1.96. The fourth-order valence-electron chi connectivity index (χ4n) is 1.47. The van der Waals surface area contributed by atoms with Crippen molar-refractivity contribution >= 4 is 11.3 Å². The monoisotopic (exact) mass is 208 g/mol. The van der Waals surface area contributed by atoms with Gasteiger partial charge in [-0.1, -0.05) is 13.8 Å². The van der Waals surface area contributed by atoms with Gasteiger partial charge < -0.3 is 5.73 Å². The Morgan fingerprint density at radius 1 is 1.53 bits per heavy atom. The van der Waals surface area contributed by atoms with Gasteiger partial charge in [0.05, 0.1) is 11.9 Å². The number of hydrogen-bond donors (Lipinski definition) is 1. The minimum Gasteiger partial charge on any atom is -0.396 e. The van der Waals surface area contributed by atoms with Crippen LogP contribution in [-0.2, 0) is 6.42 Å². The van der Waals surface area contributed by atoms with Crippen LogP contribution in [0, 0.1) is 11.7 Å². The zero-order chi connectivity index (χ0) is 11.0. The highest BCUT2D eigenvalue weighted by atomic mass is 19.1. The van der Waals surface area contributed by atoms with E-state index in [0.717, 1.165) is 6.42 Å². The van der Waals surface area contributed by atoms with Crippen LogP contribution in [0.4, 0.5) is 10.1 Å². The second-order valence-corrected chi connectivity index (χ2v) is 4.01. The normalized spacial score (nSPS) is 11.5. The van der Waals surface area contributed by atoms with Crippen LogP contribution in [0.5, 0.6) is 0 Å². The van der Waals surface area contributed by atoms with Crippen molar-refractivity contribution in [1.29, 1.82) is 0 Å². The molecule has 0 saturated heterocycles. The summed E-state index contributed by atoms with van der Waals surface area (Å²) < 4.78 is 14.4. The van der Waals surface area contributed by atoms with E-state index in [4.69, 9.17) is 5.73 Å². The standard InChI is InChI=1S/C10H13FN4/c1-6(2)3-9-13-10-8(12)4-7(11)5-15(10)14-9/h4-6H,3,12H2,1-2H3. The number of aromatic nitrogens is 3. The molecule has 0 fully saturated rings. The van der Waals surface area contributed by atoms with Gasteiger partial charge in [0.25, 0.3) is 0 Å². The molecule has 80 valence electrons. The van der Waals surface area contributed by atoms with Crippen LogP contribution in [-0.4, -0.2) is 14.6 Å². The SMILES string of the molecule is CC(C)Cc1nc2c(N)cc(F)cn2n1. The molecule has 0 atom stereocenters. The lowest BCUT2D eigenvalue weighted by atomic mass is 10.1. The van der Waals surface area contributed by atoms with Gasteiger partial charge in [0.15, 0.2) is 11.5 Å². The Bertz CT molecular complexity index is 489. The highest BCUT2D eigenvalue weighted by Gasteiger charge is 2.09. The fraction of sp³-hybridized carbons (Fsp3) is 0.400. The summed E-state index contributed by atoms with van der Waals surface area (Å²) in [6, 6.07) is 1.25. The predicted octanol–water partition coefficient (Wildman–Crippen LogP) is 1.65. The Morgan fingerprint density at radius 2 is 2.27 bits per heavy atom. The molecule has 0 aliphatic carbocycles. The summed E-state index contributed by atoms with van der Waals surface area (Å²) in [6.45, 7) is 4.16. The van der Waals surface area contributed by atoms with Crippen LogP contribution in [0.1, 0.15) is 19.7 Å². The minimum absolute atomic E-state index is 0.317. The number of anilines is 1. The number of pyridine rings is 1. The van der Waals surface area contributed by atoms with E-state index < -0.39 is 5.82 Å². The molecular formula is C10H13FN4. The van der Waals surface area contributed by atoms with Crippen LogP contribution >= 0.6 is 0 Å². The van der Waals surface area contributed by atoms with Gasteiger partial charge in [-0.15, -0.1) is 0 Å². The van der Waals surface area contributed by atoms with E-state index in [0.29, 0.717) is 23.1 Å². The van der Waals surface area contributed by atoms with E-state index in [9.17, 15) is 4.39 Å². The minimum atomic E-state index is -0.402. The summed E-state index contributed by atoms with van der Waals surface area (Å²) in [5.74, 6) is 0.761. The van der Waals surface area contributed by atoms with Crippen molar-refractivity contribution in [2.45, 2.75) is 20.3 Å². The summed E-state index contributed by atoms with van der Waals surface area (Å²) in [7, 11) is 0. The molecule has 2 rings (SSSR count). The first-order valence-electron chi connectivity index (χ1n) is 4.86. The molecule has 0 saturated carbocycles. The molecule has 5 heteroatoms. The van der Waals surface area contributed by atoms with Crippen molar-refractivity contribution < 1.29 is 4.39 Å². The molecule has 0 spiro atoms. The van der Waals surface area contributed by atoms with Crippen LogP contribution in [0.15, 0.2) is 12.3 Å². The van der Waals surface area contributed by atoms with Gasteiger partial charge in [-0.3, -0.25) is 0 Å². The number of nitrogen functional groups attached to an aromatic ring is 1. The fourth-order valence-corrected chi connectivity index (χ4v) is 1.47. The topological polar surface area (TPSA) is 56.2 Å². The van der Waals surface area contributed by atoms with Crippen LogP contribution in [0.2, 0.25) is 0 Å².